The largest absolute Gasteiger partial charge is 0.496 e. The first-order chi connectivity index (χ1) is 9.71. The summed E-state index contributed by atoms with van der Waals surface area (Å²) in [4.78, 5) is 0. The number of benzene rings is 1. The molecule has 0 unspecified atom stereocenters. The number of anilines is 1. The third-order valence-electron chi connectivity index (χ3n) is 2.73. The molecule has 2 rings (SSSR count). The van der Waals surface area contributed by atoms with Crippen LogP contribution in [0, 0.1) is 22.7 Å². The van der Waals surface area contributed by atoms with E-state index in [0.717, 1.165) is 5.56 Å². The number of hydrogen-bond donors (Lipinski definition) is 2. The number of nitrogens with two attached hydrogens (primary N) is 1. The second-order valence-electron chi connectivity index (χ2n) is 3.88. The number of rotatable bonds is 3. The molecule has 1 heterocycles. The fourth-order valence-corrected chi connectivity index (χ4v) is 1.77. The number of allylic oxidation sites excluding steroid dienone is 1. The van der Waals surface area contributed by atoms with Crippen molar-refractivity contribution in [3.05, 3.63) is 41.1 Å². The number of ether oxygens (including phenoxy) is 1. The number of nitrogens with one attached hydrogen (secondary N) is 1. The molecule has 0 atom stereocenters. The molecule has 6 nitrogen and oxygen atoms in total. The standard InChI is InChI=1S/C14H11N5O/c1-20-12-5-3-2-4-9(12)6-10(7-15)13-11(8-16)14(17)19-18-13/h2-6H,1H3,(H3,17,18,19). The molecular weight excluding hydrogens is 254 g/mol. The van der Waals surface area contributed by atoms with E-state index in [0.29, 0.717) is 11.4 Å². The molecule has 1 aromatic carbocycles. The summed E-state index contributed by atoms with van der Waals surface area (Å²) in [6.45, 7) is 0. The van der Waals surface area contributed by atoms with Gasteiger partial charge in [-0.25, -0.2) is 0 Å². The van der Waals surface area contributed by atoms with Gasteiger partial charge >= 0.3 is 0 Å². The highest BCUT2D eigenvalue weighted by Crippen LogP contribution is 2.26. The molecule has 6 heteroatoms. The molecule has 0 saturated carbocycles. The Hall–Kier alpha value is -3.25. The maximum atomic E-state index is 9.28. The molecule has 0 aliphatic heterocycles. The topological polar surface area (TPSA) is 112 Å². The quantitative estimate of drug-likeness (QED) is 0.823. The van der Waals surface area contributed by atoms with Gasteiger partial charge in [-0.15, -0.1) is 0 Å². The molecule has 0 radical (unpaired) electrons. The SMILES string of the molecule is COc1ccccc1C=C(C#N)c1[nH]nc(N)c1C#N. The second kappa shape index (κ2) is 5.59. The Morgan fingerprint density at radius 2 is 2.15 bits per heavy atom. The summed E-state index contributed by atoms with van der Waals surface area (Å²) >= 11 is 0. The molecule has 0 aliphatic rings. The van der Waals surface area contributed by atoms with Gasteiger partial charge < -0.3 is 10.5 Å². The lowest BCUT2D eigenvalue weighted by atomic mass is 10.1. The van der Waals surface area contributed by atoms with Gasteiger partial charge in [0.25, 0.3) is 0 Å². The number of nitrogens with zero attached hydrogens (tertiary/aromatic N) is 3. The summed E-state index contributed by atoms with van der Waals surface area (Å²) in [5.41, 5.74) is 7.02. The third kappa shape index (κ3) is 2.31. The zero-order chi connectivity index (χ0) is 14.5. The average Bonchev–Trinajstić information content (AvgIpc) is 2.85. The Morgan fingerprint density at radius 1 is 1.40 bits per heavy atom. The van der Waals surface area contributed by atoms with Crippen LogP contribution >= 0.6 is 0 Å². The van der Waals surface area contributed by atoms with E-state index in [4.69, 9.17) is 15.7 Å². The van der Waals surface area contributed by atoms with Crippen LogP contribution in [0.5, 0.6) is 5.75 Å². The molecule has 2 aromatic rings. The lowest BCUT2D eigenvalue weighted by Crippen LogP contribution is -1.91. The minimum Gasteiger partial charge on any atom is -0.496 e. The summed E-state index contributed by atoms with van der Waals surface area (Å²) in [7, 11) is 1.55. The highest BCUT2D eigenvalue weighted by Gasteiger charge is 2.14. The van der Waals surface area contributed by atoms with Crippen LogP contribution in [0.3, 0.4) is 0 Å². The second-order valence-corrected chi connectivity index (χ2v) is 3.88. The van der Waals surface area contributed by atoms with Gasteiger partial charge in [-0.05, 0) is 12.1 Å². The molecule has 1 aromatic heterocycles. The minimum absolute atomic E-state index is 0.0728. The van der Waals surface area contributed by atoms with Crippen LogP contribution in [-0.2, 0) is 0 Å². The predicted molar refractivity (Wildman–Crippen MR) is 74.2 cm³/mol. The Balaban J connectivity index is 2.56. The van der Waals surface area contributed by atoms with Crippen LogP contribution in [0.1, 0.15) is 16.8 Å². The lowest BCUT2D eigenvalue weighted by Gasteiger charge is -2.04. The third-order valence-corrected chi connectivity index (χ3v) is 2.73. The number of aromatic amines is 1. The molecule has 0 aliphatic carbocycles. The van der Waals surface area contributed by atoms with E-state index in [1.807, 2.05) is 30.3 Å². The molecule has 0 spiro atoms. The van der Waals surface area contributed by atoms with Gasteiger partial charge in [0.1, 0.15) is 23.5 Å². The zero-order valence-corrected chi connectivity index (χ0v) is 10.7. The summed E-state index contributed by atoms with van der Waals surface area (Å²) < 4.78 is 5.22. The smallest absolute Gasteiger partial charge is 0.163 e. The van der Waals surface area contributed by atoms with Crippen molar-refractivity contribution >= 4 is 17.5 Å². The molecule has 98 valence electrons. The van der Waals surface area contributed by atoms with Gasteiger partial charge in [0.15, 0.2) is 5.82 Å². The first-order valence-corrected chi connectivity index (χ1v) is 5.70. The van der Waals surface area contributed by atoms with Gasteiger partial charge in [-0.3, -0.25) is 5.10 Å². The van der Waals surface area contributed by atoms with Gasteiger partial charge in [0.05, 0.1) is 18.4 Å². The number of nitrogen functional groups attached to an aromatic ring is 1. The highest BCUT2D eigenvalue weighted by molar-refractivity contribution is 5.92. The van der Waals surface area contributed by atoms with Crippen molar-refractivity contribution in [1.29, 1.82) is 10.5 Å². The first-order valence-electron chi connectivity index (χ1n) is 5.70. The monoisotopic (exact) mass is 265 g/mol. The molecule has 3 N–H and O–H groups in total. The minimum atomic E-state index is 0.0728. The van der Waals surface area contributed by atoms with Crippen LogP contribution < -0.4 is 10.5 Å². The van der Waals surface area contributed by atoms with Gasteiger partial charge in [-0.1, -0.05) is 18.2 Å². The normalized spacial score (nSPS) is 10.7. The van der Waals surface area contributed by atoms with Crippen molar-refractivity contribution in [3.8, 4) is 17.9 Å². The molecule has 20 heavy (non-hydrogen) atoms. The molecular formula is C14H11N5O. The van der Waals surface area contributed by atoms with Crippen LogP contribution in [0.25, 0.3) is 11.6 Å². The van der Waals surface area contributed by atoms with E-state index in [-0.39, 0.29) is 17.0 Å². The highest BCUT2D eigenvalue weighted by atomic mass is 16.5. The number of nitriles is 2. The Kier molecular flexibility index (Phi) is 3.69. The van der Waals surface area contributed by atoms with E-state index >= 15 is 0 Å². The molecule has 0 bridgehead atoms. The fourth-order valence-electron chi connectivity index (χ4n) is 1.77. The zero-order valence-electron chi connectivity index (χ0n) is 10.7. The Bertz CT molecular complexity index is 746. The van der Waals surface area contributed by atoms with E-state index in [9.17, 15) is 5.26 Å². The van der Waals surface area contributed by atoms with Crippen molar-refractivity contribution in [2.24, 2.45) is 0 Å². The Labute approximate surface area is 115 Å². The first kappa shape index (κ1) is 13.2. The van der Waals surface area contributed by atoms with Crippen molar-refractivity contribution < 1.29 is 4.74 Å². The molecule has 0 fully saturated rings. The molecule has 0 amide bonds. The van der Waals surface area contributed by atoms with E-state index in [1.165, 1.54) is 0 Å². The number of para-hydroxylation sites is 1. The van der Waals surface area contributed by atoms with E-state index in [2.05, 4.69) is 10.2 Å². The van der Waals surface area contributed by atoms with Crippen molar-refractivity contribution in [1.82, 2.24) is 10.2 Å². The van der Waals surface area contributed by atoms with Gasteiger partial charge in [0.2, 0.25) is 0 Å². The van der Waals surface area contributed by atoms with Gasteiger partial charge in [0, 0.05) is 5.56 Å². The number of hydrogen-bond acceptors (Lipinski definition) is 5. The number of methoxy groups -OCH3 is 1. The van der Waals surface area contributed by atoms with Crippen LogP contribution in [-0.4, -0.2) is 17.3 Å². The summed E-state index contributed by atoms with van der Waals surface area (Å²) in [6, 6.07) is 11.2. The van der Waals surface area contributed by atoms with Gasteiger partial charge in [-0.2, -0.15) is 15.6 Å². The van der Waals surface area contributed by atoms with E-state index in [1.54, 1.807) is 19.3 Å². The van der Waals surface area contributed by atoms with Crippen molar-refractivity contribution in [2.45, 2.75) is 0 Å². The van der Waals surface area contributed by atoms with Crippen LogP contribution in [0.2, 0.25) is 0 Å². The summed E-state index contributed by atoms with van der Waals surface area (Å²) in [6.07, 6.45) is 1.62. The van der Waals surface area contributed by atoms with Crippen molar-refractivity contribution in [3.63, 3.8) is 0 Å². The lowest BCUT2D eigenvalue weighted by molar-refractivity contribution is 0.414. The van der Waals surface area contributed by atoms with Crippen LogP contribution in [0.15, 0.2) is 24.3 Å². The maximum Gasteiger partial charge on any atom is 0.163 e. The predicted octanol–water partition coefficient (Wildman–Crippen LogP) is 1.94. The number of aromatic nitrogens is 2. The van der Waals surface area contributed by atoms with E-state index < -0.39 is 0 Å². The summed E-state index contributed by atoms with van der Waals surface area (Å²) in [5, 5.41) is 24.7. The maximum absolute atomic E-state index is 9.28. The summed E-state index contributed by atoms with van der Waals surface area (Å²) in [5.74, 6) is 0.704. The Morgan fingerprint density at radius 3 is 2.80 bits per heavy atom. The number of H-pyrrole nitrogens is 1. The van der Waals surface area contributed by atoms with Crippen LogP contribution in [0.4, 0.5) is 5.82 Å². The average molecular weight is 265 g/mol. The van der Waals surface area contributed by atoms with Crippen molar-refractivity contribution in [2.75, 3.05) is 12.8 Å². The molecule has 0 saturated heterocycles. The fraction of sp³-hybridized carbons (Fsp3) is 0.0714.